The third-order valence-corrected chi connectivity index (χ3v) is 2.64. The van der Waals surface area contributed by atoms with E-state index in [1.165, 1.54) is 16.7 Å². The van der Waals surface area contributed by atoms with Crippen molar-refractivity contribution in [3.05, 3.63) is 33.8 Å². The number of hydrogen-bond acceptors (Lipinski definition) is 1. The number of nitrogens with zero attached hydrogens (tertiary/aromatic N) is 1. The molecule has 0 aromatic heterocycles. The average Bonchev–Trinajstić information content (AvgIpc) is 2.05. The van der Waals surface area contributed by atoms with Crippen LogP contribution in [0, 0.1) is 13.8 Å². The van der Waals surface area contributed by atoms with Gasteiger partial charge in [0.05, 0.1) is 0 Å². The molecule has 0 fully saturated rings. The lowest BCUT2D eigenvalue weighted by Gasteiger charge is -2.15. The minimum Gasteiger partial charge on any atom is -0.305 e. The Bertz CT molecular complexity index is 305. The lowest BCUT2D eigenvalue weighted by atomic mass is 10.0. The molecule has 0 spiro atoms. The topological polar surface area (TPSA) is 3.24 Å². The van der Waals surface area contributed by atoms with Gasteiger partial charge < -0.3 is 4.90 Å². The molecule has 0 saturated carbocycles. The number of hydrogen-bond donors (Lipinski definition) is 0. The molecule has 1 aromatic rings. The molecule has 0 radical (unpaired) electrons. The molecule has 0 saturated heterocycles. The summed E-state index contributed by atoms with van der Waals surface area (Å²) in [6.07, 6.45) is 0. The summed E-state index contributed by atoms with van der Waals surface area (Å²) in [5, 5.41) is 0.872. The van der Waals surface area contributed by atoms with Gasteiger partial charge in [0.25, 0.3) is 0 Å². The first-order chi connectivity index (χ1) is 6.02. The van der Waals surface area contributed by atoms with Crippen molar-refractivity contribution < 1.29 is 0 Å². The quantitative estimate of drug-likeness (QED) is 0.705. The molecule has 0 N–H and O–H groups in total. The van der Waals surface area contributed by atoms with Gasteiger partial charge in [0.2, 0.25) is 0 Å². The first kappa shape index (κ1) is 10.6. The van der Waals surface area contributed by atoms with Gasteiger partial charge in [-0.3, -0.25) is 0 Å². The maximum atomic E-state index is 6.12. The normalized spacial score (nSPS) is 10.9. The van der Waals surface area contributed by atoms with Crippen molar-refractivity contribution in [1.82, 2.24) is 4.90 Å². The maximum absolute atomic E-state index is 6.12. The predicted octanol–water partition coefficient (Wildman–Crippen LogP) is 3.02. The second-order valence-electron chi connectivity index (χ2n) is 3.71. The number of halogens is 1. The Kier molecular flexibility index (Phi) is 3.34. The highest BCUT2D eigenvalue weighted by molar-refractivity contribution is 6.31. The zero-order chi connectivity index (χ0) is 10.0. The van der Waals surface area contributed by atoms with E-state index in [0.717, 1.165) is 11.6 Å². The zero-order valence-electron chi connectivity index (χ0n) is 8.69. The standard InChI is InChI=1S/C11H16ClN/c1-8-5-6-11(12)10(9(8)2)7-13(3)4/h5-6H,7H2,1-4H3. The van der Waals surface area contributed by atoms with Crippen LogP contribution in [0.15, 0.2) is 12.1 Å². The highest BCUT2D eigenvalue weighted by Gasteiger charge is 2.06. The summed E-state index contributed by atoms with van der Waals surface area (Å²) in [4.78, 5) is 2.13. The van der Waals surface area contributed by atoms with Crippen molar-refractivity contribution in [3.63, 3.8) is 0 Å². The van der Waals surface area contributed by atoms with Gasteiger partial charge in [0, 0.05) is 11.6 Å². The zero-order valence-corrected chi connectivity index (χ0v) is 9.44. The van der Waals surface area contributed by atoms with Crippen LogP contribution in [-0.2, 0) is 6.54 Å². The van der Waals surface area contributed by atoms with E-state index in [1.54, 1.807) is 0 Å². The van der Waals surface area contributed by atoms with Crippen LogP contribution >= 0.6 is 11.6 Å². The Morgan fingerprint density at radius 2 is 1.85 bits per heavy atom. The summed E-state index contributed by atoms with van der Waals surface area (Å²) < 4.78 is 0. The SMILES string of the molecule is Cc1ccc(Cl)c(CN(C)C)c1C. The van der Waals surface area contributed by atoms with Gasteiger partial charge in [-0.1, -0.05) is 17.7 Å². The Balaban J connectivity index is 3.10. The van der Waals surface area contributed by atoms with Gasteiger partial charge in [0.1, 0.15) is 0 Å². The van der Waals surface area contributed by atoms with E-state index in [2.05, 4.69) is 38.9 Å². The predicted molar refractivity (Wildman–Crippen MR) is 58.3 cm³/mol. The molecule has 1 aromatic carbocycles. The summed E-state index contributed by atoms with van der Waals surface area (Å²) in [5.74, 6) is 0. The van der Waals surface area contributed by atoms with Crippen molar-refractivity contribution in [2.45, 2.75) is 20.4 Å². The van der Waals surface area contributed by atoms with Gasteiger partial charge in [-0.25, -0.2) is 0 Å². The van der Waals surface area contributed by atoms with E-state index in [1.807, 2.05) is 6.07 Å². The fourth-order valence-corrected chi connectivity index (χ4v) is 1.62. The third kappa shape index (κ3) is 2.45. The van der Waals surface area contributed by atoms with Crippen LogP contribution < -0.4 is 0 Å². The molecule has 13 heavy (non-hydrogen) atoms. The van der Waals surface area contributed by atoms with Crippen molar-refractivity contribution in [1.29, 1.82) is 0 Å². The molecule has 0 aliphatic rings. The molecule has 0 heterocycles. The molecule has 1 rings (SSSR count). The first-order valence-electron chi connectivity index (χ1n) is 4.41. The minimum absolute atomic E-state index is 0.872. The lowest BCUT2D eigenvalue weighted by molar-refractivity contribution is 0.401. The summed E-state index contributed by atoms with van der Waals surface area (Å²) in [6, 6.07) is 4.04. The summed E-state index contributed by atoms with van der Waals surface area (Å²) in [6.45, 7) is 5.15. The van der Waals surface area contributed by atoms with Gasteiger partial charge in [0.15, 0.2) is 0 Å². The van der Waals surface area contributed by atoms with E-state index in [-0.39, 0.29) is 0 Å². The van der Waals surface area contributed by atoms with E-state index >= 15 is 0 Å². The first-order valence-corrected chi connectivity index (χ1v) is 4.79. The largest absolute Gasteiger partial charge is 0.305 e. The van der Waals surface area contributed by atoms with Gasteiger partial charge in [-0.05, 0) is 50.7 Å². The highest BCUT2D eigenvalue weighted by Crippen LogP contribution is 2.23. The molecule has 0 bridgehead atoms. The fourth-order valence-electron chi connectivity index (χ4n) is 1.35. The van der Waals surface area contributed by atoms with Gasteiger partial charge in [-0.15, -0.1) is 0 Å². The van der Waals surface area contributed by atoms with Gasteiger partial charge >= 0.3 is 0 Å². The smallest absolute Gasteiger partial charge is 0.0453 e. The molecule has 0 atom stereocenters. The molecule has 72 valence electrons. The number of benzene rings is 1. The Labute approximate surface area is 85.3 Å². The number of aryl methyl sites for hydroxylation is 1. The van der Waals surface area contributed by atoms with Crippen LogP contribution in [-0.4, -0.2) is 19.0 Å². The molecule has 0 unspecified atom stereocenters. The van der Waals surface area contributed by atoms with Crippen molar-refractivity contribution in [3.8, 4) is 0 Å². The molecular weight excluding hydrogens is 182 g/mol. The van der Waals surface area contributed by atoms with Crippen LogP contribution in [0.5, 0.6) is 0 Å². The Morgan fingerprint density at radius 1 is 1.23 bits per heavy atom. The summed E-state index contributed by atoms with van der Waals surface area (Å²) in [7, 11) is 4.11. The van der Waals surface area contributed by atoms with Crippen LogP contribution in [0.3, 0.4) is 0 Å². The molecule has 0 amide bonds. The Hall–Kier alpha value is -0.530. The van der Waals surface area contributed by atoms with E-state index in [0.29, 0.717) is 0 Å². The Morgan fingerprint density at radius 3 is 2.38 bits per heavy atom. The van der Waals surface area contributed by atoms with Crippen LogP contribution in [0.25, 0.3) is 0 Å². The molecule has 1 nitrogen and oxygen atoms in total. The second kappa shape index (κ2) is 4.12. The number of rotatable bonds is 2. The van der Waals surface area contributed by atoms with E-state index in [4.69, 9.17) is 11.6 Å². The fraction of sp³-hybridized carbons (Fsp3) is 0.455. The van der Waals surface area contributed by atoms with Crippen molar-refractivity contribution in [2.24, 2.45) is 0 Å². The van der Waals surface area contributed by atoms with E-state index in [9.17, 15) is 0 Å². The van der Waals surface area contributed by atoms with Crippen LogP contribution in [0.4, 0.5) is 0 Å². The molecular formula is C11H16ClN. The third-order valence-electron chi connectivity index (χ3n) is 2.29. The van der Waals surface area contributed by atoms with Crippen LogP contribution in [0.1, 0.15) is 16.7 Å². The minimum atomic E-state index is 0.872. The summed E-state index contributed by atoms with van der Waals surface area (Å²) in [5.41, 5.74) is 3.86. The molecule has 0 aliphatic carbocycles. The second-order valence-corrected chi connectivity index (χ2v) is 4.11. The van der Waals surface area contributed by atoms with Gasteiger partial charge in [-0.2, -0.15) is 0 Å². The monoisotopic (exact) mass is 197 g/mol. The van der Waals surface area contributed by atoms with E-state index < -0.39 is 0 Å². The summed E-state index contributed by atoms with van der Waals surface area (Å²) >= 11 is 6.12. The maximum Gasteiger partial charge on any atom is 0.0453 e. The highest BCUT2D eigenvalue weighted by atomic mass is 35.5. The molecule has 0 aliphatic heterocycles. The van der Waals surface area contributed by atoms with Crippen LogP contribution in [0.2, 0.25) is 5.02 Å². The van der Waals surface area contributed by atoms with Crippen molar-refractivity contribution >= 4 is 11.6 Å². The van der Waals surface area contributed by atoms with Crippen molar-refractivity contribution in [2.75, 3.05) is 14.1 Å². The lowest BCUT2D eigenvalue weighted by Crippen LogP contribution is -2.12. The average molecular weight is 198 g/mol. The molecule has 2 heteroatoms.